The Balaban J connectivity index is 1.76. The first kappa shape index (κ1) is 28.4. The average Bonchev–Trinajstić information content (AvgIpc) is 3.39. The van der Waals surface area contributed by atoms with Crippen LogP contribution in [0.5, 0.6) is 0 Å². The van der Waals surface area contributed by atoms with Crippen LogP contribution < -0.4 is 15.8 Å². The molecule has 1 unspecified atom stereocenters. The molecule has 1 aromatic carbocycles. The number of allylic oxidation sites excluding steroid dienone is 1. The Morgan fingerprint density at radius 1 is 1.18 bits per heavy atom. The molecular formula is C25H22F3IN7O2P. The van der Waals surface area contributed by atoms with E-state index in [2.05, 4.69) is 42.4 Å². The number of nitrogens with zero attached hydrogens (tertiary/aromatic N) is 6. The summed E-state index contributed by atoms with van der Waals surface area (Å²) in [6, 6.07) is 12.1. The zero-order valence-electron chi connectivity index (χ0n) is 20.6. The van der Waals surface area contributed by atoms with Crippen LogP contribution in [0, 0.1) is 0 Å². The van der Waals surface area contributed by atoms with Crippen molar-refractivity contribution in [1.82, 2.24) is 24.1 Å². The molecule has 0 aliphatic carbocycles. The fraction of sp³-hybridized carbons (Fsp3) is 0.160. The van der Waals surface area contributed by atoms with Gasteiger partial charge >= 0.3 is 6.18 Å². The second-order valence-electron chi connectivity index (χ2n) is 8.37. The van der Waals surface area contributed by atoms with Gasteiger partial charge in [-0.2, -0.15) is 23.3 Å². The zero-order valence-corrected chi connectivity index (χ0v) is 23.8. The van der Waals surface area contributed by atoms with Gasteiger partial charge in [-0.3, -0.25) is 14.5 Å². The summed E-state index contributed by atoms with van der Waals surface area (Å²) in [5, 5.41) is 6.44. The van der Waals surface area contributed by atoms with Crippen LogP contribution in [-0.2, 0) is 11.8 Å². The van der Waals surface area contributed by atoms with Crippen molar-refractivity contribution in [3.8, 4) is 11.3 Å². The predicted molar refractivity (Wildman–Crippen MR) is 155 cm³/mol. The third kappa shape index (κ3) is 6.90. The van der Waals surface area contributed by atoms with Crippen molar-refractivity contribution in [3.05, 3.63) is 82.5 Å². The lowest BCUT2D eigenvalue weighted by atomic mass is 10.1. The van der Waals surface area contributed by atoms with Gasteiger partial charge in [0.15, 0.2) is 5.82 Å². The van der Waals surface area contributed by atoms with E-state index < -0.39 is 12.7 Å². The van der Waals surface area contributed by atoms with Crippen molar-refractivity contribution >= 4 is 63.9 Å². The molecule has 9 nitrogen and oxygen atoms in total. The van der Waals surface area contributed by atoms with E-state index in [-0.39, 0.29) is 17.3 Å². The summed E-state index contributed by atoms with van der Waals surface area (Å²) in [5.41, 5.74) is 3.91. The first-order valence-electron chi connectivity index (χ1n) is 11.4. The van der Waals surface area contributed by atoms with Crippen molar-refractivity contribution in [2.75, 3.05) is 16.8 Å². The third-order valence-corrected chi connectivity index (χ3v) is 7.54. The number of alkyl halides is 3. The summed E-state index contributed by atoms with van der Waals surface area (Å²) in [6.07, 6.45) is 2.87. The van der Waals surface area contributed by atoms with E-state index in [1.165, 1.54) is 21.7 Å². The molecule has 0 saturated heterocycles. The Bertz CT molecular complexity index is 1570. The molecule has 1 N–H and O–H groups in total. The fourth-order valence-electron chi connectivity index (χ4n) is 3.70. The number of aromatic nitrogens is 5. The number of aryl methyl sites for hydroxylation is 1. The van der Waals surface area contributed by atoms with Crippen LogP contribution in [0.1, 0.15) is 18.1 Å². The number of hydrogen-bond acceptors (Lipinski definition) is 6. The number of carbonyl (C=O) groups is 1. The monoisotopic (exact) mass is 667 g/mol. The van der Waals surface area contributed by atoms with E-state index in [0.29, 0.717) is 24.0 Å². The molecule has 0 aliphatic rings. The molecule has 202 valence electrons. The Kier molecular flexibility index (Phi) is 8.80. The molecule has 0 spiro atoms. The normalized spacial score (nSPS) is 12.2. The number of benzene rings is 1. The minimum absolute atomic E-state index is 0.0837. The van der Waals surface area contributed by atoms with Crippen molar-refractivity contribution in [2.24, 2.45) is 7.05 Å². The van der Waals surface area contributed by atoms with Gasteiger partial charge in [0, 0.05) is 42.8 Å². The number of nitrogens with one attached hydrogen (secondary N) is 1. The van der Waals surface area contributed by atoms with Gasteiger partial charge in [0.05, 0.1) is 17.8 Å². The van der Waals surface area contributed by atoms with Crippen molar-refractivity contribution in [1.29, 1.82) is 0 Å². The third-order valence-electron chi connectivity index (χ3n) is 5.65. The Hall–Kier alpha value is -3.58. The van der Waals surface area contributed by atoms with Crippen LogP contribution >= 0.6 is 28.4 Å². The fourth-order valence-corrected chi connectivity index (χ4v) is 5.26. The second kappa shape index (κ2) is 12.1. The van der Waals surface area contributed by atoms with Gasteiger partial charge < -0.3 is 9.88 Å². The first-order valence-corrected chi connectivity index (χ1v) is 15.4. The second-order valence-corrected chi connectivity index (χ2v) is 10.4. The highest BCUT2D eigenvalue weighted by molar-refractivity contribution is 14.2. The number of hydrogen-bond donors (Lipinski definition) is 1. The van der Waals surface area contributed by atoms with Crippen LogP contribution in [0.2, 0.25) is 0 Å². The number of anilines is 3. The predicted octanol–water partition coefficient (Wildman–Crippen LogP) is 5.66. The maximum absolute atomic E-state index is 12.8. The molecule has 0 fully saturated rings. The molecule has 39 heavy (non-hydrogen) atoms. The van der Waals surface area contributed by atoms with Gasteiger partial charge in [-0.1, -0.05) is 12.1 Å². The molecule has 4 aromatic rings. The Labute approximate surface area is 236 Å². The smallest absolute Gasteiger partial charge is 0.345 e. The molecule has 4 rings (SSSR count). The quantitative estimate of drug-likeness (QED) is 0.141. The Morgan fingerprint density at radius 2 is 1.92 bits per heavy atom. The van der Waals surface area contributed by atoms with Gasteiger partial charge in [-0.15, -0.1) is 0 Å². The number of halogens is 4. The maximum Gasteiger partial charge on any atom is 0.405 e. The van der Waals surface area contributed by atoms with Crippen molar-refractivity contribution < 1.29 is 18.0 Å². The van der Waals surface area contributed by atoms with Gasteiger partial charge in [0.2, 0.25) is 17.9 Å². The lowest BCUT2D eigenvalue weighted by molar-refractivity contribution is -0.115. The molecule has 1 amide bonds. The highest BCUT2D eigenvalue weighted by atomic mass is 127. The Morgan fingerprint density at radius 3 is 2.56 bits per heavy atom. The van der Waals surface area contributed by atoms with E-state index in [1.54, 1.807) is 50.6 Å². The van der Waals surface area contributed by atoms with E-state index in [1.807, 2.05) is 22.7 Å². The number of carbonyl (C=O) groups excluding carboxylic acids is 1. The molecular weight excluding hydrogens is 645 g/mol. The molecule has 0 saturated carbocycles. The van der Waals surface area contributed by atoms with E-state index >= 15 is 0 Å². The number of amides is 1. The van der Waals surface area contributed by atoms with Crippen molar-refractivity contribution in [3.63, 3.8) is 0 Å². The van der Waals surface area contributed by atoms with Crippen LogP contribution in [0.15, 0.2) is 65.8 Å². The average molecular weight is 667 g/mol. The largest absolute Gasteiger partial charge is 0.405 e. The number of rotatable bonds is 9. The van der Waals surface area contributed by atoms with Crippen LogP contribution in [0.25, 0.3) is 22.9 Å². The molecule has 1 atom stereocenters. The summed E-state index contributed by atoms with van der Waals surface area (Å²) in [7, 11) is 1.63. The SMILES string of the molecule is C/C(=C\c1cnc(NCC(F)(F)F)nc1N(C=O)c1ccc(-c2ccnn2PI)cc1)c1ccc(=O)n(C)c1. The highest BCUT2D eigenvalue weighted by Crippen LogP contribution is 2.33. The summed E-state index contributed by atoms with van der Waals surface area (Å²) in [5.74, 6) is -0.199. The summed E-state index contributed by atoms with van der Waals surface area (Å²) in [4.78, 5) is 33.6. The summed E-state index contributed by atoms with van der Waals surface area (Å²) < 4.78 is 41.7. The first-order chi connectivity index (χ1) is 18.6. The molecule has 0 bridgehead atoms. The van der Waals surface area contributed by atoms with Gasteiger partial charge in [-0.05, 0) is 70.4 Å². The molecule has 0 aliphatic heterocycles. The zero-order chi connectivity index (χ0) is 28.2. The van der Waals surface area contributed by atoms with Gasteiger partial charge in [-0.25, -0.2) is 9.44 Å². The van der Waals surface area contributed by atoms with Crippen molar-refractivity contribution in [2.45, 2.75) is 13.1 Å². The van der Waals surface area contributed by atoms with E-state index in [9.17, 15) is 22.8 Å². The topological polar surface area (TPSA) is 97.9 Å². The lowest BCUT2D eigenvalue weighted by Crippen LogP contribution is -2.23. The molecule has 0 radical (unpaired) electrons. The molecule has 3 aromatic heterocycles. The molecule has 3 heterocycles. The lowest BCUT2D eigenvalue weighted by Gasteiger charge is -2.20. The highest BCUT2D eigenvalue weighted by Gasteiger charge is 2.27. The van der Waals surface area contributed by atoms with Crippen LogP contribution in [0.4, 0.5) is 30.6 Å². The van der Waals surface area contributed by atoms with Gasteiger partial charge in [0.25, 0.3) is 0 Å². The summed E-state index contributed by atoms with van der Waals surface area (Å²) in [6.45, 7) is 0.468. The van der Waals surface area contributed by atoms with Crippen LogP contribution in [-0.4, -0.2) is 43.2 Å². The van der Waals surface area contributed by atoms with Gasteiger partial charge in [0.1, 0.15) is 6.54 Å². The summed E-state index contributed by atoms with van der Waals surface area (Å²) >= 11 is 2.23. The van der Waals surface area contributed by atoms with Crippen LogP contribution in [0.3, 0.4) is 0 Å². The molecule has 14 heteroatoms. The minimum Gasteiger partial charge on any atom is -0.345 e. The van der Waals surface area contributed by atoms with E-state index in [4.69, 9.17) is 0 Å². The van der Waals surface area contributed by atoms with E-state index in [0.717, 1.165) is 22.4 Å². The number of pyridine rings is 1. The minimum atomic E-state index is -4.48. The standard InChI is InChI=1S/C25H22F3IN7O2P/c1-16(18-5-8-22(38)34(2)13-18)11-19-12-30-24(31-14-25(26,27)28)33-23(19)35(15-37)20-6-3-17(4-7-20)21-9-10-32-36(21)39-29/h3-13,15,39H,14H2,1-2H3,(H,30,31,33)/b16-11+. The maximum atomic E-state index is 12.8.